The van der Waals surface area contributed by atoms with Crippen LogP contribution in [-0.2, 0) is 4.79 Å². The third-order valence-corrected chi connectivity index (χ3v) is 3.37. The molecule has 2 rings (SSSR count). The van der Waals surface area contributed by atoms with Gasteiger partial charge in [0.2, 0.25) is 5.91 Å². The van der Waals surface area contributed by atoms with Gasteiger partial charge in [-0.2, -0.15) is 0 Å². The molecular formula is C14H19FN2O. The summed E-state index contributed by atoms with van der Waals surface area (Å²) in [5, 5.41) is 2.85. The molecule has 3 nitrogen and oxygen atoms in total. The van der Waals surface area contributed by atoms with Crippen LogP contribution in [0.1, 0.15) is 37.8 Å². The molecule has 4 heteroatoms. The van der Waals surface area contributed by atoms with Crippen LogP contribution in [0.3, 0.4) is 0 Å². The first-order chi connectivity index (χ1) is 8.56. The van der Waals surface area contributed by atoms with E-state index in [-0.39, 0.29) is 23.8 Å². The zero-order chi connectivity index (χ0) is 13.1. The van der Waals surface area contributed by atoms with E-state index in [9.17, 15) is 9.18 Å². The van der Waals surface area contributed by atoms with E-state index < -0.39 is 0 Å². The molecule has 0 aliphatic heterocycles. The molecule has 1 aliphatic carbocycles. The lowest BCUT2D eigenvalue weighted by Gasteiger charge is -2.16. The van der Waals surface area contributed by atoms with E-state index >= 15 is 0 Å². The molecule has 1 amide bonds. The predicted octanol–water partition coefficient (Wildman–Crippen LogP) is 2.13. The van der Waals surface area contributed by atoms with Crippen molar-refractivity contribution in [3.8, 4) is 0 Å². The summed E-state index contributed by atoms with van der Waals surface area (Å²) >= 11 is 0. The highest BCUT2D eigenvalue weighted by Crippen LogP contribution is 2.32. The number of carbonyl (C=O) groups excluding carboxylic acids is 1. The summed E-state index contributed by atoms with van der Waals surface area (Å²) in [5.74, 6) is 0.162. The summed E-state index contributed by atoms with van der Waals surface area (Å²) in [4.78, 5) is 11.8. The average molecular weight is 250 g/mol. The standard InChI is InChI=1S/C14H19FN2O/c1-9(11-3-2-4-12(15)7-11)17-14(18)8-13(16)10-5-6-10/h2-4,7,9-10,13H,5-6,8,16H2,1H3,(H,17,18)/t9-,13?/m0/s1. The predicted molar refractivity (Wildman–Crippen MR) is 68.3 cm³/mol. The fourth-order valence-corrected chi connectivity index (χ4v) is 2.06. The van der Waals surface area contributed by atoms with Crippen molar-refractivity contribution in [3.05, 3.63) is 35.6 Å². The molecule has 1 aliphatic rings. The van der Waals surface area contributed by atoms with Gasteiger partial charge in [-0.15, -0.1) is 0 Å². The van der Waals surface area contributed by atoms with Crippen LogP contribution in [0.25, 0.3) is 0 Å². The number of hydrogen-bond acceptors (Lipinski definition) is 2. The summed E-state index contributed by atoms with van der Waals surface area (Å²) in [7, 11) is 0. The first kappa shape index (κ1) is 13.0. The molecule has 1 fully saturated rings. The van der Waals surface area contributed by atoms with E-state index in [1.807, 2.05) is 6.92 Å². The molecule has 0 spiro atoms. The van der Waals surface area contributed by atoms with E-state index in [1.54, 1.807) is 12.1 Å². The average Bonchev–Trinajstić information content (AvgIpc) is 3.12. The molecule has 0 radical (unpaired) electrons. The molecule has 2 atom stereocenters. The molecule has 3 N–H and O–H groups in total. The van der Waals surface area contributed by atoms with Gasteiger partial charge in [0.05, 0.1) is 6.04 Å². The SMILES string of the molecule is C[C@H](NC(=O)CC(N)C1CC1)c1cccc(F)c1. The normalized spacial score (nSPS) is 18.2. The van der Waals surface area contributed by atoms with Gasteiger partial charge in [-0.05, 0) is 43.4 Å². The second-order valence-corrected chi connectivity index (χ2v) is 5.05. The van der Waals surface area contributed by atoms with E-state index in [2.05, 4.69) is 5.32 Å². The van der Waals surface area contributed by atoms with Crippen molar-refractivity contribution in [2.45, 2.75) is 38.3 Å². The first-order valence-corrected chi connectivity index (χ1v) is 6.36. The highest BCUT2D eigenvalue weighted by molar-refractivity contribution is 5.77. The lowest BCUT2D eigenvalue weighted by Crippen LogP contribution is -2.34. The minimum absolute atomic E-state index is 0.0373. The molecule has 98 valence electrons. The molecule has 1 aromatic carbocycles. The number of hydrogen-bond donors (Lipinski definition) is 2. The van der Waals surface area contributed by atoms with Gasteiger partial charge in [-0.1, -0.05) is 12.1 Å². The minimum atomic E-state index is -0.289. The largest absolute Gasteiger partial charge is 0.350 e. The molecule has 0 bridgehead atoms. The number of nitrogens with one attached hydrogen (secondary N) is 1. The smallest absolute Gasteiger partial charge is 0.222 e. The summed E-state index contributed by atoms with van der Waals surface area (Å²) < 4.78 is 13.1. The molecule has 0 heterocycles. The van der Waals surface area contributed by atoms with Gasteiger partial charge in [-0.3, -0.25) is 4.79 Å². The summed E-state index contributed by atoms with van der Waals surface area (Å²) in [6, 6.07) is 6.04. The lowest BCUT2D eigenvalue weighted by atomic mass is 10.1. The van der Waals surface area contributed by atoms with Crippen molar-refractivity contribution in [1.29, 1.82) is 0 Å². The highest BCUT2D eigenvalue weighted by atomic mass is 19.1. The Bertz CT molecular complexity index is 432. The number of benzene rings is 1. The highest BCUT2D eigenvalue weighted by Gasteiger charge is 2.30. The summed E-state index contributed by atoms with van der Waals surface area (Å²) in [6.45, 7) is 1.84. The van der Waals surface area contributed by atoms with Crippen LogP contribution in [0, 0.1) is 11.7 Å². The Hall–Kier alpha value is -1.42. The molecule has 1 unspecified atom stereocenters. The fraction of sp³-hybridized carbons (Fsp3) is 0.500. The first-order valence-electron chi connectivity index (χ1n) is 6.36. The van der Waals surface area contributed by atoms with E-state index in [4.69, 9.17) is 5.73 Å². The Kier molecular flexibility index (Phi) is 3.97. The van der Waals surface area contributed by atoms with Crippen LogP contribution in [-0.4, -0.2) is 11.9 Å². The van der Waals surface area contributed by atoms with Gasteiger partial charge in [0.25, 0.3) is 0 Å². The van der Waals surface area contributed by atoms with Crippen molar-refractivity contribution < 1.29 is 9.18 Å². The van der Waals surface area contributed by atoms with E-state index in [1.165, 1.54) is 12.1 Å². The van der Waals surface area contributed by atoms with Crippen LogP contribution in [0.5, 0.6) is 0 Å². The molecule has 18 heavy (non-hydrogen) atoms. The van der Waals surface area contributed by atoms with Crippen LogP contribution in [0.4, 0.5) is 4.39 Å². The number of carbonyl (C=O) groups is 1. The maximum atomic E-state index is 13.1. The molecular weight excluding hydrogens is 231 g/mol. The van der Waals surface area contributed by atoms with E-state index in [0.29, 0.717) is 12.3 Å². The van der Waals surface area contributed by atoms with Crippen molar-refractivity contribution in [2.75, 3.05) is 0 Å². The van der Waals surface area contributed by atoms with Crippen LogP contribution in [0.2, 0.25) is 0 Å². The van der Waals surface area contributed by atoms with E-state index in [0.717, 1.165) is 18.4 Å². The molecule has 0 aromatic heterocycles. The molecule has 0 saturated heterocycles. The van der Waals surface area contributed by atoms with Crippen LogP contribution >= 0.6 is 0 Å². The van der Waals surface area contributed by atoms with Crippen molar-refractivity contribution in [3.63, 3.8) is 0 Å². The second-order valence-electron chi connectivity index (χ2n) is 5.05. The molecule has 1 aromatic rings. The third-order valence-electron chi connectivity index (χ3n) is 3.37. The quantitative estimate of drug-likeness (QED) is 0.841. The minimum Gasteiger partial charge on any atom is -0.350 e. The second kappa shape index (κ2) is 5.48. The lowest BCUT2D eigenvalue weighted by molar-refractivity contribution is -0.122. The number of halogens is 1. The van der Waals surface area contributed by atoms with Gasteiger partial charge < -0.3 is 11.1 Å². The van der Waals surface area contributed by atoms with Gasteiger partial charge in [0.1, 0.15) is 5.82 Å². The van der Waals surface area contributed by atoms with Gasteiger partial charge in [0, 0.05) is 12.5 Å². The van der Waals surface area contributed by atoms with Crippen LogP contribution in [0.15, 0.2) is 24.3 Å². The van der Waals surface area contributed by atoms with Gasteiger partial charge >= 0.3 is 0 Å². The van der Waals surface area contributed by atoms with Gasteiger partial charge in [0.15, 0.2) is 0 Å². The maximum absolute atomic E-state index is 13.1. The summed E-state index contributed by atoms with van der Waals surface area (Å²) in [6.07, 6.45) is 2.62. The Morgan fingerprint density at radius 1 is 1.56 bits per heavy atom. The van der Waals surface area contributed by atoms with Crippen molar-refractivity contribution in [2.24, 2.45) is 11.7 Å². The summed E-state index contributed by atoms with van der Waals surface area (Å²) in [5.41, 5.74) is 6.66. The fourth-order valence-electron chi connectivity index (χ4n) is 2.06. The zero-order valence-electron chi connectivity index (χ0n) is 10.5. The Morgan fingerprint density at radius 3 is 2.89 bits per heavy atom. The molecule has 1 saturated carbocycles. The Morgan fingerprint density at radius 2 is 2.28 bits per heavy atom. The maximum Gasteiger partial charge on any atom is 0.222 e. The zero-order valence-corrected chi connectivity index (χ0v) is 10.5. The Labute approximate surface area is 107 Å². The van der Waals surface area contributed by atoms with Crippen molar-refractivity contribution in [1.82, 2.24) is 5.32 Å². The monoisotopic (exact) mass is 250 g/mol. The third kappa shape index (κ3) is 3.53. The van der Waals surface area contributed by atoms with Crippen LogP contribution < -0.4 is 11.1 Å². The van der Waals surface area contributed by atoms with Gasteiger partial charge in [-0.25, -0.2) is 4.39 Å². The number of amides is 1. The van der Waals surface area contributed by atoms with Crippen molar-refractivity contribution >= 4 is 5.91 Å². The topological polar surface area (TPSA) is 55.1 Å². The number of rotatable bonds is 5. The number of nitrogens with two attached hydrogens (primary N) is 1. The Balaban J connectivity index is 1.86.